The molecule has 1 amide bonds. The Morgan fingerprint density at radius 1 is 1.47 bits per heavy atom. The maximum absolute atomic E-state index is 11.9. The molecule has 17 heavy (non-hydrogen) atoms. The molecule has 0 heterocycles. The van der Waals surface area contributed by atoms with Crippen molar-refractivity contribution in [2.75, 3.05) is 0 Å². The van der Waals surface area contributed by atoms with E-state index in [1.807, 2.05) is 13.8 Å². The summed E-state index contributed by atoms with van der Waals surface area (Å²) in [6.07, 6.45) is 2.33. The van der Waals surface area contributed by atoms with Gasteiger partial charge < -0.3 is 10.4 Å². The molecular formula is C13H23NO3. The van der Waals surface area contributed by atoms with Crippen LogP contribution in [0.1, 0.15) is 47.0 Å². The van der Waals surface area contributed by atoms with E-state index < -0.39 is 12.0 Å². The van der Waals surface area contributed by atoms with Gasteiger partial charge in [0.1, 0.15) is 6.04 Å². The van der Waals surface area contributed by atoms with E-state index in [-0.39, 0.29) is 23.2 Å². The second kappa shape index (κ2) is 5.07. The Hall–Kier alpha value is -1.06. The molecule has 0 saturated heterocycles. The number of carbonyl (C=O) groups excluding carboxylic acids is 1. The lowest BCUT2D eigenvalue weighted by Crippen LogP contribution is -2.42. The molecule has 1 aliphatic rings. The van der Waals surface area contributed by atoms with Gasteiger partial charge in [0.05, 0.1) is 0 Å². The number of amides is 1. The molecule has 0 aromatic rings. The van der Waals surface area contributed by atoms with Crippen molar-refractivity contribution in [3.05, 3.63) is 0 Å². The summed E-state index contributed by atoms with van der Waals surface area (Å²) in [5, 5.41) is 11.7. The van der Waals surface area contributed by atoms with E-state index in [1.54, 1.807) is 0 Å². The SMILES string of the molecule is CCC1(C)CC1C(=O)N[C@@H](CC(C)C)C(=O)O. The molecule has 1 fully saturated rings. The molecule has 4 heteroatoms. The van der Waals surface area contributed by atoms with Gasteiger partial charge in [0, 0.05) is 5.92 Å². The summed E-state index contributed by atoms with van der Waals surface area (Å²) in [6.45, 7) is 8.05. The van der Waals surface area contributed by atoms with Crippen LogP contribution in [0.2, 0.25) is 0 Å². The van der Waals surface area contributed by atoms with Crippen molar-refractivity contribution in [2.24, 2.45) is 17.3 Å². The maximum atomic E-state index is 11.9. The molecule has 1 aliphatic carbocycles. The first-order valence-corrected chi connectivity index (χ1v) is 6.33. The van der Waals surface area contributed by atoms with E-state index in [0.717, 1.165) is 12.8 Å². The van der Waals surface area contributed by atoms with Crippen molar-refractivity contribution in [1.82, 2.24) is 5.32 Å². The summed E-state index contributed by atoms with van der Waals surface area (Å²) in [4.78, 5) is 22.9. The van der Waals surface area contributed by atoms with E-state index in [1.165, 1.54) is 0 Å². The van der Waals surface area contributed by atoms with Gasteiger partial charge in [-0.25, -0.2) is 4.79 Å². The molecule has 0 aliphatic heterocycles. The lowest BCUT2D eigenvalue weighted by Gasteiger charge is -2.17. The van der Waals surface area contributed by atoms with E-state index in [4.69, 9.17) is 5.11 Å². The number of hydrogen-bond donors (Lipinski definition) is 2. The number of carboxylic acid groups (broad SMARTS) is 1. The molecular weight excluding hydrogens is 218 g/mol. The monoisotopic (exact) mass is 241 g/mol. The lowest BCUT2D eigenvalue weighted by atomic mass is 10.0. The summed E-state index contributed by atoms with van der Waals surface area (Å²) in [5.41, 5.74) is 0.0883. The maximum Gasteiger partial charge on any atom is 0.326 e. The Kier molecular flexibility index (Phi) is 4.17. The normalized spacial score (nSPS) is 28.9. The minimum absolute atomic E-state index is 0.00140. The zero-order chi connectivity index (χ0) is 13.2. The molecule has 0 spiro atoms. The Balaban J connectivity index is 2.52. The van der Waals surface area contributed by atoms with Crippen LogP contribution < -0.4 is 5.32 Å². The third-order valence-electron chi connectivity index (χ3n) is 3.80. The highest BCUT2D eigenvalue weighted by Gasteiger charge is 2.53. The molecule has 1 saturated carbocycles. The average Bonchev–Trinajstić information content (AvgIpc) is 2.90. The largest absolute Gasteiger partial charge is 0.480 e. The molecule has 2 N–H and O–H groups in total. The average molecular weight is 241 g/mol. The number of carbonyl (C=O) groups is 2. The van der Waals surface area contributed by atoms with Gasteiger partial charge in [-0.2, -0.15) is 0 Å². The van der Waals surface area contributed by atoms with Gasteiger partial charge in [0.2, 0.25) is 5.91 Å². The van der Waals surface area contributed by atoms with Crippen LogP contribution in [0.25, 0.3) is 0 Å². The highest BCUT2D eigenvalue weighted by Crippen LogP contribution is 2.54. The Bertz CT molecular complexity index is 314. The van der Waals surface area contributed by atoms with Crippen molar-refractivity contribution in [2.45, 2.75) is 53.0 Å². The first kappa shape index (κ1) is 14.0. The number of rotatable bonds is 6. The van der Waals surface area contributed by atoms with Gasteiger partial charge in [-0.1, -0.05) is 27.7 Å². The third kappa shape index (κ3) is 3.45. The summed E-state index contributed by atoms with van der Waals surface area (Å²) < 4.78 is 0. The van der Waals surface area contributed by atoms with Crippen molar-refractivity contribution < 1.29 is 14.7 Å². The van der Waals surface area contributed by atoms with Crippen molar-refractivity contribution in [3.8, 4) is 0 Å². The topological polar surface area (TPSA) is 66.4 Å². The summed E-state index contributed by atoms with van der Waals surface area (Å²) >= 11 is 0. The number of hydrogen-bond acceptors (Lipinski definition) is 2. The van der Waals surface area contributed by atoms with Gasteiger partial charge in [0.15, 0.2) is 0 Å². The molecule has 0 bridgehead atoms. The Morgan fingerprint density at radius 3 is 2.41 bits per heavy atom. The van der Waals surface area contributed by atoms with Crippen LogP contribution in [-0.4, -0.2) is 23.0 Å². The second-order valence-electron chi connectivity index (χ2n) is 5.79. The predicted molar refractivity (Wildman–Crippen MR) is 65.5 cm³/mol. The molecule has 98 valence electrons. The standard InChI is InChI=1S/C13H23NO3/c1-5-13(4)7-9(13)11(15)14-10(12(16)17)6-8(2)3/h8-10H,5-7H2,1-4H3,(H,14,15)(H,16,17)/t9?,10-,13?/m0/s1. The summed E-state index contributed by atoms with van der Waals surface area (Å²) in [7, 11) is 0. The number of nitrogens with one attached hydrogen (secondary N) is 1. The lowest BCUT2D eigenvalue weighted by molar-refractivity contribution is -0.142. The van der Waals surface area contributed by atoms with Gasteiger partial charge in [0.25, 0.3) is 0 Å². The smallest absolute Gasteiger partial charge is 0.326 e. The van der Waals surface area contributed by atoms with E-state index in [9.17, 15) is 9.59 Å². The fourth-order valence-electron chi connectivity index (χ4n) is 2.17. The van der Waals surface area contributed by atoms with Crippen LogP contribution in [0.4, 0.5) is 0 Å². The van der Waals surface area contributed by atoms with Crippen LogP contribution in [0, 0.1) is 17.3 Å². The van der Waals surface area contributed by atoms with Crippen LogP contribution in [0.15, 0.2) is 0 Å². The minimum Gasteiger partial charge on any atom is -0.480 e. The van der Waals surface area contributed by atoms with Gasteiger partial charge >= 0.3 is 5.97 Å². The predicted octanol–water partition coefficient (Wildman–Crippen LogP) is 2.04. The minimum atomic E-state index is -0.939. The van der Waals surface area contributed by atoms with Gasteiger partial charge in [-0.3, -0.25) is 4.79 Å². The first-order chi connectivity index (χ1) is 7.80. The van der Waals surface area contributed by atoms with E-state index in [0.29, 0.717) is 6.42 Å². The Morgan fingerprint density at radius 2 is 2.06 bits per heavy atom. The summed E-state index contributed by atoms with van der Waals surface area (Å²) in [5.74, 6) is -0.775. The van der Waals surface area contributed by atoms with E-state index >= 15 is 0 Å². The van der Waals surface area contributed by atoms with Gasteiger partial charge in [-0.15, -0.1) is 0 Å². The van der Waals surface area contributed by atoms with E-state index in [2.05, 4.69) is 19.2 Å². The third-order valence-corrected chi connectivity index (χ3v) is 3.80. The molecule has 0 aromatic heterocycles. The first-order valence-electron chi connectivity index (χ1n) is 6.33. The van der Waals surface area contributed by atoms with Crippen molar-refractivity contribution >= 4 is 11.9 Å². The quantitative estimate of drug-likeness (QED) is 0.747. The van der Waals surface area contributed by atoms with Crippen LogP contribution in [0.5, 0.6) is 0 Å². The van der Waals surface area contributed by atoms with Gasteiger partial charge in [-0.05, 0) is 30.6 Å². The molecule has 0 radical (unpaired) electrons. The molecule has 1 rings (SSSR count). The number of carboxylic acids is 1. The fraction of sp³-hybridized carbons (Fsp3) is 0.846. The zero-order valence-corrected chi connectivity index (χ0v) is 11.1. The molecule has 0 aromatic carbocycles. The molecule has 4 nitrogen and oxygen atoms in total. The van der Waals surface area contributed by atoms with Crippen LogP contribution in [-0.2, 0) is 9.59 Å². The van der Waals surface area contributed by atoms with Crippen molar-refractivity contribution in [1.29, 1.82) is 0 Å². The molecule has 2 unspecified atom stereocenters. The van der Waals surface area contributed by atoms with Crippen LogP contribution >= 0.6 is 0 Å². The van der Waals surface area contributed by atoms with Crippen molar-refractivity contribution in [3.63, 3.8) is 0 Å². The second-order valence-corrected chi connectivity index (χ2v) is 5.79. The summed E-state index contributed by atoms with van der Waals surface area (Å²) in [6, 6.07) is -0.746. The highest BCUT2D eigenvalue weighted by molar-refractivity contribution is 5.87. The van der Waals surface area contributed by atoms with Crippen LogP contribution in [0.3, 0.4) is 0 Å². The highest BCUT2D eigenvalue weighted by atomic mass is 16.4. The number of aliphatic carboxylic acids is 1. The fourth-order valence-corrected chi connectivity index (χ4v) is 2.17. The zero-order valence-electron chi connectivity index (χ0n) is 11.1. The Labute approximate surface area is 103 Å². The molecule has 3 atom stereocenters.